The molecule has 0 aliphatic carbocycles. The summed E-state index contributed by atoms with van der Waals surface area (Å²) in [5.41, 5.74) is 4.64. The van der Waals surface area contributed by atoms with E-state index in [-0.39, 0.29) is 0 Å². The van der Waals surface area contributed by atoms with E-state index in [4.69, 9.17) is 9.84 Å². The summed E-state index contributed by atoms with van der Waals surface area (Å²) in [4.78, 5) is 8.30. The van der Waals surface area contributed by atoms with Gasteiger partial charge in [-0.2, -0.15) is 14.8 Å². The zero-order chi connectivity index (χ0) is 22.9. The second-order valence-corrected chi connectivity index (χ2v) is 14.5. The third-order valence-corrected chi connectivity index (χ3v) is 6.99. The molecule has 0 radical (unpaired) electrons. The number of hydrogen-bond acceptors (Lipinski definition) is 5. The largest absolute Gasteiger partial charge is 0.360 e. The van der Waals surface area contributed by atoms with Crippen LogP contribution in [0.5, 0.6) is 0 Å². The summed E-state index contributed by atoms with van der Waals surface area (Å²) in [6.45, 7) is 9.85. The van der Waals surface area contributed by atoms with Crippen LogP contribution < -0.4 is 0 Å². The highest BCUT2D eigenvalue weighted by Crippen LogP contribution is 2.34. The van der Waals surface area contributed by atoms with Crippen molar-refractivity contribution in [2.75, 3.05) is 6.61 Å². The fourth-order valence-electron chi connectivity index (χ4n) is 3.48. The van der Waals surface area contributed by atoms with Crippen molar-refractivity contribution < 1.29 is 9.13 Å². The van der Waals surface area contributed by atoms with Crippen LogP contribution in [-0.4, -0.2) is 38.8 Å². The molecule has 0 unspecified atom stereocenters. The van der Waals surface area contributed by atoms with Crippen molar-refractivity contribution in [2.24, 2.45) is 0 Å². The lowest BCUT2D eigenvalue weighted by molar-refractivity contribution is 0.0773. The maximum atomic E-state index is 13.9. The van der Waals surface area contributed by atoms with Crippen LogP contribution in [0.4, 0.5) is 4.39 Å². The first kappa shape index (κ1) is 21.9. The second kappa shape index (κ2) is 8.65. The molecule has 0 aliphatic rings. The van der Waals surface area contributed by atoms with Gasteiger partial charge in [-0.1, -0.05) is 25.7 Å². The lowest BCUT2D eigenvalue weighted by Crippen LogP contribution is -2.22. The Bertz CT molecular complexity index is 1310. The summed E-state index contributed by atoms with van der Waals surface area (Å²) in [6.07, 6.45) is 3.39. The Hall–Kier alpha value is -3.35. The molecule has 0 saturated carbocycles. The number of rotatable bonds is 7. The minimum atomic E-state index is -1.20. The Morgan fingerprint density at radius 1 is 1.19 bits per heavy atom. The molecule has 4 aromatic rings. The number of ether oxygens (including phenoxy) is 1. The van der Waals surface area contributed by atoms with Gasteiger partial charge in [-0.25, -0.2) is 14.6 Å². The van der Waals surface area contributed by atoms with E-state index >= 15 is 0 Å². The number of pyridine rings is 2. The van der Waals surface area contributed by atoms with Crippen LogP contribution in [-0.2, 0) is 11.5 Å². The van der Waals surface area contributed by atoms with E-state index in [0.717, 1.165) is 22.9 Å². The highest BCUT2D eigenvalue weighted by molar-refractivity contribution is 6.76. The van der Waals surface area contributed by atoms with E-state index < -0.39 is 14.0 Å². The van der Waals surface area contributed by atoms with Crippen LogP contribution in [0, 0.1) is 24.2 Å². The van der Waals surface area contributed by atoms with Gasteiger partial charge < -0.3 is 4.74 Å². The quantitative estimate of drug-likeness (QED) is 0.228. The van der Waals surface area contributed by atoms with Crippen molar-refractivity contribution in [3.8, 4) is 28.6 Å². The van der Waals surface area contributed by atoms with Crippen LogP contribution in [0.2, 0.25) is 25.7 Å². The average Bonchev–Trinajstić information content (AvgIpc) is 3.30. The van der Waals surface area contributed by atoms with Crippen molar-refractivity contribution in [1.82, 2.24) is 24.1 Å². The molecule has 0 bridgehead atoms. The van der Waals surface area contributed by atoms with Gasteiger partial charge in [0.2, 0.25) is 5.95 Å². The van der Waals surface area contributed by atoms with Gasteiger partial charge in [-0.3, -0.25) is 4.40 Å². The number of nitriles is 1. The molecule has 0 aliphatic heterocycles. The molecule has 0 spiro atoms. The van der Waals surface area contributed by atoms with E-state index in [1.807, 2.05) is 25.3 Å². The summed E-state index contributed by atoms with van der Waals surface area (Å²) >= 11 is 0. The van der Waals surface area contributed by atoms with Gasteiger partial charge in [0, 0.05) is 37.7 Å². The number of imidazole rings is 1. The SMILES string of the molecule is Cc1c(-c2ccc3ncc(C#N)n3c2)c(-c2cccc(F)n2)nn1COCC[Si](C)(C)C. The van der Waals surface area contributed by atoms with Crippen molar-refractivity contribution in [3.05, 3.63) is 60.1 Å². The summed E-state index contributed by atoms with van der Waals surface area (Å²) in [6, 6.07) is 11.6. The van der Waals surface area contributed by atoms with Gasteiger partial charge in [-0.05, 0) is 37.2 Å². The molecule has 4 aromatic heterocycles. The summed E-state index contributed by atoms with van der Waals surface area (Å²) in [5.74, 6) is -0.566. The molecule has 32 heavy (non-hydrogen) atoms. The Kier molecular flexibility index (Phi) is 5.91. The minimum absolute atomic E-state index is 0.301. The Labute approximate surface area is 187 Å². The van der Waals surface area contributed by atoms with Crippen molar-refractivity contribution in [2.45, 2.75) is 39.3 Å². The van der Waals surface area contributed by atoms with Crippen LogP contribution in [0.1, 0.15) is 11.4 Å². The fraction of sp³-hybridized carbons (Fsp3) is 0.304. The summed E-state index contributed by atoms with van der Waals surface area (Å²) < 4.78 is 23.3. The zero-order valence-electron chi connectivity index (χ0n) is 18.6. The lowest BCUT2D eigenvalue weighted by Gasteiger charge is -2.15. The zero-order valence-corrected chi connectivity index (χ0v) is 19.6. The molecule has 0 amide bonds. The minimum Gasteiger partial charge on any atom is -0.360 e. The number of halogens is 1. The monoisotopic (exact) mass is 448 g/mol. The molecular formula is C23H25FN6OSi. The number of nitrogens with zero attached hydrogens (tertiary/aromatic N) is 6. The molecule has 0 N–H and O–H groups in total. The van der Waals surface area contributed by atoms with Gasteiger partial charge in [0.1, 0.15) is 29.8 Å². The molecular weight excluding hydrogens is 423 g/mol. The average molecular weight is 449 g/mol. The first-order valence-corrected chi connectivity index (χ1v) is 14.1. The first-order valence-electron chi connectivity index (χ1n) is 10.4. The highest BCUT2D eigenvalue weighted by Gasteiger charge is 2.21. The number of fused-ring (bicyclic) bond motifs is 1. The van der Waals surface area contributed by atoms with E-state index in [1.54, 1.807) is 21.2 Å². The van der Waals surface area contributed by atoms with Gasteiger partial charge in [-0.15, -0.1) is 0 Å². The van der Waals surface area contributed by atoms with E-state index in [2.05, 4.69) is 35.7 Å². The van der Waals surface area contributed by atoms with Gasteiger partial charge in [0.15, 0.2) is 0 Å². The maximum Gasteiger partial charge on any atom is 0.213 e. The lowest BCUT2D eigenvalue weighted by atomic mass is 10.0. The van der Waals surface area contributed by atoms with Gasteiger partial charge >= 0.3 is 0 Å². The van der Waals surface area contributed by atoms with Crippen molar-refractivity contribution in [1.29, 1.82) is 5.26 Å². The van der Waals surface area contributed by atoms with Crippen LogP contribution >= 0.6 is 0 Å². The van der Waals surface area contributed by atoms with E-state index in [9.17, 15) is 9.65 Å². The second-order valence-electron chi connectivity index (χ2n) is 8.90. The third-order valence-electron chi connectivity index (χ3n) is 5.28. The topological polar surface area (TPSA) is 81.0 Å². The molecule has 7 nitrogen and oxygen atoms in total. The molecule has 4 heterocycles. The third kappa shape index (κ3) is 4.47. The smallest absolute Gasteiger partial charge is 0.213 e. The standard InChI is InChI=1S/C23H25FN6OSi/c1-16-22(17-8-9-21-26-13-18(12-25)29(21)14-17)23(19-6-5-7-20(24)27-19)28-30(16)15-31-10-11-32(2,3)4/h5-9,13-14H,10-11,15H2,1-4H3. The van der Waals surface area contributed by atoms with Gasteiger partial charge in [0.05, 0.1) is 11.9 Å². The van der Waals surface area contributed by atoms with Crippen molar-refractivity contribution in [3.63, 3.8) is 0 Å². The molecule has 4 rings (SSSR count). The molecule has 0 saturated heterocycles. The Balaban J connectivity index is 1.78. The molecule has 0 atom stereocenters. The highest BCUT2D eigenvalue weighted by atomic mass is 28.3. The number of hydrogen-bond donors (Lipinski definition) is 0. The van der Waals surface area contributed by atoms with Gasteiger partial charge in [0.25, 0.3) is 0 Å². The van der Waals surface area contributed by atoms with Crippen molar-refractivity contribution >= 4 is 13.7 Å². The Morgan fingerprint density at radius 2 is 2.00 bits per heavy atom. The summed E-state index contributed by atoms with van der Waals surface area (Å²) in [5, 5.41) is 14.1. The summed E-state index contributed by atoms with van der Waals surface area (Å²) in [7, 11) is -1.20. The predicted octanol–water partition coefficient (Wildman–Crippen LogP) is 4.89. The van der Waals surface area contributed by atoms with Crippen LogP contribution in [0.15, 0.2) is 42.7 Å². The predicted molar refractivity (Wildman–Crippen MR) is 123 cm³/mol. The van der Waals surface area contributed by atoms with E-state index in [0.29, 0.717) is 36.1 Å². The van der Waals surface area contributed by atoms with Crippen LogP contribution in [0.25, 0.3) is 28.2 Å². The Morgan fingerprint density at radius 3 is 2.72 bits per heavy atom. The number of aromatic nitrogens is 5. The molecule has 0 aromatic carbocycles. The molecule has 9 heteroatoms. The first-order chi connectivity index (χ1) is 15.3. The fourth-order valence-corrected chi connectivity index (χ4v) is 4.23. The normalized spacial score (nSPS) is 11.8. The maximum absolute atomic E-state index is 13.9. The molecule has 164 valence electrons. The van der Waals surface area contributed by atoms with Crippen LogP contribution in [0.3, 0.4) is 0 Å². The van der Waals surface area contributed by atoms with E-state index in [1.165, 1.54) is 12.3 Å². The molecule has 0 fully saturated rings.